The van der Waals surface area contributed by atoms with Crippen molar-refractivity contribution in [3.05, 3.63) is 59.7 Å². The standard InChI is InChI=1S/C17H18N2O/c1-3-14-4-6-15(7-5-14)12-18-16-8-10-17(11-9-16)19-13(2)20/h4-12H,3H2,1-2H3,(H,19,20)/b18-12+. The molecule has 1 N–H and O–H groups in total. The third kappa shape index (κ3) is 4.05. The Hall–Kier alpha value is -2.42. The molecule has 20 heavy (non-hydrogen) atoms. The summed E-state index contributed by atoms with van der Waals surface area (Å²) in [5.74, 6) is -0.0720. The van der Waals surface area contributed by atoms with Crippen LogP contribution in [0.1, 0.15) is 25.0 Å². The fourth-order valence-electron chi connectivity index (χ4n) is 1.82. The van der Waals surface area contributed by atoms with E-state index in [9.17, 15) is 4.79 Å². The van der Waals surface area contributed by atoms with Gasteiger partial charge >= 0.3 is 0 Å². The molecule has 0 aromatic heterocycles. The number of aryl methyl sites for hydroxylation is 1. The molecular formula is C17H18N2O. The van der Waals surface area contributed by atoms with Gasteiger partial charge in [-0.2, -0.15) is 0 Å². The highest BCUT2D eigenvalue weighted by molar-refractivity contribution is 5.89. The van der Waals surface area contributed by atoms with Crippen molar-refractivity contribution in [3.8, 4) is 0 Å². The summed E-state index contributed by atoms with van der Waals surface area (Å²) in [7, 11) is 0. The summed E-state index contributed by atoms with van der Waals surface area (Å²) in [6.45, 7) is 3.63. The van der Waals surface area contributed by atoms with Crippen LogP contribution in [-0.4, -0.2) is 12.1 Å². The highest BCUT2D eigenvalue weighted by atomic mass is 16.1. The van der Waals surface area contributed by atoms with Gasteiger partial charge in [0.05, 0.1) is 5.69 Å². The van der Waals surface area contributed by atoms with Gasteiger partial charge in [0.15, 0.2) is 0 Å². The molecule has 1 amide bonds. The maximum Gasteiger partial charge on any atom is 0.221 e. The van der Waals surface area contributed by atoms with Gasteiger partial charge in [0.2, 0.25) is 5.91 Å². The van der Waals surface area contributed by atoms with Crippen LogP contribution in [0.15, 0.2) is 53.5 Å². The normalized spacial score (nSPS) is 10.7. The zero-order valence-corrected chi connectivity index (χ0v) is 11.8. The Morgan fingerprint density at radius 3 is 2.30 bits per heavy atom. The Morgan fingerprint density at radius 2 is 1.75 bits per heavy atom. The van der Waals surface area contributed by atoms with Crippen LogP contribution >= 0.6 is 0 Å². The largest absolute Gasteiger partial charge is 0.326 e. The molecule has 2 rings (SSSR count). The van der Waals surface area contributed by atoms with Crippen molar-refractivity contribution in [2.75, 3.05) is 5.32 Å². The van der Waals surface area contributed by atoms with Crippen molar-refractivity contribution < 1.29 is 4.79 Å². The number of anilines is 1. The van der Waals surface area contributed by atoms with Crippen LogP contribution in [0.4, 0.5) is 11.4 Å². The van der Waals surface area contributed by atoms with Crippen LogP contribution in [0.2, 0.25) is 0 Å². The SMILES string of the molecule is CCc1ccc(/C=N/c2ccc(NC(C)=O)cc2)cc1. The Morgan fingerprint density at radius 1 is 1.10 bits per heavy atom. The van der Waals surface area contributed by atoms with E-state index >= 15 is 0 Å². The van der Waals surface area contributed by atoms with Crippen molar-refractivity contribution in [2.45, 2.75) is 20.3 Å². The van der Waals surface area contributed by atoms with Gasteiger partial charge in [-0.15, -0.1) is 0 Å². The van der Waals surface area contributed by atoms with Crippen molar-refractivity contribution in [2.24, 2.45) is 4.99 Å². The summed E-state index contributed by atoms with van der Waals surface area (Å²) in [5.41, 5.74) is 4.04. The van der Waals surface area contributed by atoms with Crippen molar-refractivity contribution in [3.63, 3.8) is 0 Å². The molecule has 102 valence electrons. The molecule has 0 spiro atoms. The van der Waals surface area contributed by atoms with Gasteiger partial charge in [-0.05, 0) is 41.8 Å². The smallest absolute Gasteiger partial charge is 0.221 e. The minimum absolute atomic E-state index is 0.0720. The van der Waals surface area contributed by atoms with E-state index < -0.39 is 0 Å². The first-order valence-electron chi connectivity index (χ1n) is 6.68. The number of carbonyl (C=O) groups excluding carboxylic acids is 1. The van der Waals surface area contributed by atoms with E-state index in [0.717, 1.165) is 23.4 Å². The fourth-order valence-corrected chi connectivity index (χ4v) is 1.82. The van der Waals surface area contributed by atoms with Crippen LogP contribution in [0.3, 0.4) is 0 Å². The number of carbonyl (C=O) groups is 1. The zero-order valence-electron chi connectivity index (χ0n) is 11.8. The molecule has 0 saturated heterocycles. The second-order valence-corrected chi connectivity index (χ2v) is 4.58. The van der Waals surface area contributed by atoms with Gasteiger partial charge in [0.25, 0.3) is 0 Å². The highest BCUT2D eigenvalue weighted by Crippen LogP contribution is 2.16. The molecule has 2 aromatic carbocycles. The van der Waals surface area contributed by atoms with Gasteiger partial charge in [0.1, 0.15) is 0 Å². The van der Waals surface area contributed by atoms with E-state index in [1.165, 1.54) is 12.5 Å². The average Bonchev–Trinajstić information content (AvgIpc) is 2.46. The Labute approximate surface area is 119 Å². The van der Waals surface area contributed by atoms with Crippen molar-refractivity contribution in [1.29, 1.82) is 0 Å². The lowest BCUT2D eigenvalue weighted by atomic mass is 10.1. The number of aliphatic imine (C=N–C) groups is 1. The molecule has 0 aliphatic heterocycles. The quantitative estimate of drug-likeness (QED) is 0.836. The molecule has 0 fully saturated rings. The molecule has 3 nitrogen and oxygen atoms in total. The van der Waals surface area contributed by atoms with E-state index in [0.29, 0.717) is 0 Å². The van der Waals surface area contributed by atoms with Crippen LogP contribution in [0.25, 0.3) is 0 Å². The third-order valence-corrected chi connectivity index (χ3v) is 2.94. The molecule has 0 heterocycles. The first kappa shape index (κ1) is 14.0. The van der Waals surface area contributed by atoms with Gasteiger partial charge in [-0.3, -0.25) is 9.79 Å². The van der Waals surface area contributed by atoms with Crippen molar-refractivity contribution >= 4 is 23.5 Å². The number of nitrogens with one attached hydrogen (secondary N) is 1. The molecule has 0 saturated carbocycles. The fraction of sp³-hybridized carbons (Fsp3) is 0.176. The maximum atomic E-state index is 10.9. The summed E-state index contributed by atoms with van der Waals surface area (Å²) in [6, 6.07) is 15.8. The van der Waals surface area contributed by atoms with Crippen LogP contribution in [-0.2, 0) is 11.2 Å². The van der Waals surface area contributed by atoms with Crippen LogP contribution in [0, 0.1) is 0 Å². The number of rotatable bonds is 4. The van der Waals surface area contributed by atoms with Crippen LogP contribution < -0.4 is 5.32 Å². The Bertz CT molecular complexity index is 598. The van der Waals surface area contributed by atoms with E-state index in [4.69, 9.17) is 0 Å². The molecule has 0 bridgehead atoms. The Kier molecular flexibility index (Phi) is 4.66. The topological polar surface area (TPSA) is 41.5 Å². The molecule has 0 aliphatic rings. The summed E-state index contributed by atoms with van der Waals surface area (Å²) >= 11 is 0. The maximum absolute atomic E-state index is 10.9. The monoisotopic (exact) mass is 266 g/mol. The summed E-state index contributed by atoms with van der Waals surface area (Å²) in [6.07, 6.45) is 2.88. The minimum Gasteiger partial charge on any atom is -0.326 e. The Balaban J connectivity index is 2.04. The zero-order chi connectivity index (χ0) is 14.4. The first-order valence-corrected chi connectivity index (χ1v) is 6.68. The number of amides is 1. The van der Waals surface area contributed by atoms with E-state index in [2.05, 4.69) is 41.5 Å². The lowest BCUT2D eigenvalue weighted by Gasteiger charge is -2.01. The average molecular weight is 266 g/mol. The molecule has 0 atom stereocenters. The summed E-state index contributed by atoms with van der Waals surface area (Å²) in [5, 5.41) is 2.73. The second kappa shape index (κ2) is 6.66. The number of nitrogens with zero attached hydrogens (tertiary/aromatic N) is 1. The molecule has 3 heteroatoms. The van der Waals surface area contributed by atoms with Crippen molar-refractivity contribution in [1.82, 2.24) is 0 Å². The van der Waals surface area contributed by atoms with Gasteiger partial charge in [-0.1, -0.05) is 31.2 Å². The van der Waals surface area contributed by atoms with E-state index in [1.807, 2.05) is 30.5 Å². The summed E-state index contributed by atoms with van der Waals surface area (Å²) in [4.78, 5) is 15.3. The molecular weight excluding hydrogens is 248 g/mol. The lowest BCUT2D eigenvalue weighted by molar-refractivity contribution is -0.114. The highest BCUT2D eigenvalue weighted by Gasteiger charge is 1.95. The lowest BCUT2D eigenvalue weighted by Crippen LogP contribution is -2.04. The predicted octanol–water partition coefficient (Wildman–Crippen LogP) is 3.96. The number of hydrogen-bond acceptors (Lipinski definition) is 2. The molecule has 0 aliphatic carbocycles. The predicted molar refractivity (Wildman–Crippen MR) is 83.8 cm³/mol. The van der Waals surface area contributed by atoms with Gasteiger partial charge in [-0.25, -0.2) is 0 Å². The third-order valence-electron chi connectivity index (χ3n) is 2.94. The van der Waals surface area contributed by atoms with Gasteiger partial charge in [0, 0.05) is 18.8 Å². The summed E-state index contributed by atoms with van der Waals surface area (Å²) < 4.78 is 0. The first-order chi connectivity index (χ1) is 9.67. The molecule has 2 aromatic rings. The second-order valence-electron chi connectivity index (χ2n) is 4.58. The molecule has 0 radical (unpaired) electrons. The van der Waals surface area contributed by atoms with Gasteiger partial charge < -0.3 is 5.32 Å². The minimum atomic E-state index is -0.0720. The van der Waals surface area contributed by atoms with E-state index in [-0.39, 0.29) is 5.91 Å². The number of hydrogen-bond donors (Lipinski definition) is 1. The van der Waals surface area contributed by atoms with Crippen LogP contribution in [0.5, 0.6) is 0 Å². The number of benzene rings is 2. The molecule has 0 unspecified atom stereocenters. The van der Waals surface area contributed by atoms with E-state index in [1.54, 1.807) is 0 Å².